The molecule has 96 valence electrons. The summed E-state index contributed by atoms with van der Waals surface area (Å²) in [5.41, 5.74) is 10.3. The molecule has 0 aliphatic carbocycles. The molecule has 17 heavy (non-hydrogen) atoms. The number of nitrogens with zero attached hydrogens (tertiary/aromatic N) is 3. The third-order valence-electron chi connectivity index (χ3n) is 1.79. The molecule has 0 fully saturated rings. The monoisotopic (exact) mass is 257 g/mol. The molecule has 4 N–H and O–H groups in total. The summed E-state index contributed by atoms with van der Waals surface area (Å²) in [6.07, 6.45) is -7.78. The molecule has 0 aliphatic rings. The Morgan fingerprint density at radius 2 is 1.35 bits per heavy atom. The first-order valence-corrected chi connectivity index (χ1v) is 4.32. The van der Waals surface area contributed by atoms with E-state index >= 15 is 0 Å². The highest BCUT2D eigenvalue weighted by Gasteiger charge is 2.56. The molecule has 1 aromatic rings. The fraction of sp³-hybridized carbons (Fsp3) is 0.571. The summed E-state index contributed by atoms with van der Waals surface area (Å²) < 4.78 is 60.6. The minimum absolute atomic E-state index is 0.307. The van der Waals surface area contributed by atoms with Gasteiger partial charge in [-0.2, -0.15) is 36.9 Å². The quantitative estimate of drug-likeness (QED) is 0.793. The highest BCUT2D eigenvalue weighted by Crippen LogP contribution is 2.38. The van der Waals surface area contributed by atoms with Crippen molar-refractivity contribution in [2.45, 2.75) is 24.9 Å². The van der Waals surface area contributed by atoms with Gasteiger partial charge in [0.25, 0.3) is 0 Å². The van der Waals surface area contributed by atoms with Crippen molar-refractivity contribution in [1.82, 2.24) is 15.0 Å². The topological polar surface area (TPSA) is 90.7 Å². The van der Waals surface area contributed by atoms with Crippen molar-refractivity contribution in [1.29, 1.82) is 0 Å². The molecule has 0 saturated heterocycles. The van der Waals surface area contributed by atoms with Gasteiger partial charge in [0.1, 0.15) is 5.82 Å². The van der Waals surface area contributed by atoms with E-state index in [-0.39, 0.29) is 17.7 Å². The summed E-state index contributed by atoms with van der Waals surface area (Å²) in [7, 11) is 0. The van der Waals surface area contributed by atoms with Gasteiger partial charge in [-0.1, -0.05) is 0 Å². The van der Waals surface area contributed by atoms with E-state index < -0.39 is 24.9 Å². The zero-order valence-corrected chi connectivity index (χ0v) is 8.30. The molecule has 0 atom stereocenters. The van der Waals surface area contributed by atoms with E-state index in [1.54, 1.807) is 0 Å². The minimum Gasteiger partial charge on any atom is -0.368 e. The van der Waals surface area contributed by atoms with E-state index in [1.165, 1.54) is 0 Å². The van der Waals surface area contributed by atoms with Crippen LogP contribution in [-0.4, -0.2) is 27.1 Å². The zero-order chi connectivity index (χ0) is 13.3. The first-order valence-electron chi connectivity index (χ1n) is 4.32. The summed E-state index contributed by atoms with van der Waals surface area (Å²) in [6, 6.07) is 0. The second-order valence-corrected chi connectivity index (χ2v) is 3.17. The number of hydrogen-bond acceptors (Lipinski definition) is 5. The number of aryl methyl sites for hydroxylation is 1. The summed E-state index contributed by atoms with van der Waals surface area (Å²) in [6.45, 7) is 0. The van der Waals surface area contributed by atoms with E-state index in [2.05, 4.69) is 15.0 Å². The lowest BCUT2D eigenvalue weighted by Gasteiger charge is -2.18. The largest absolute Gasteiger partial charge is 0.453 e. The highest BCUT2D eigenvalue weighted by molar-refractivity contribution is 5.25. The van der Waals surface area contributed by atoms with E-state index in [0.717, 1.165) is 0 Å². The van der Waals surface area contributed by atoms with Gasteiger partial charge in [0, 0.05) is 12.8 Å². The van der Waals surface area contributed by atoms with Gasteiger partial charge >= 0.3 is 12.1 Å². The van der Waals surface area contributed by atoms with Crippen LogP contribution >= 0.6 is 0 Å². The van der Waals surface area contributed by atoms with Crippen LogP contribution in [-0.2, 0) is 6.42 Å². The number of nitrogen functional groups attached to an aromatic ring is 2. The number of anilines is 2. The molecular formula is C7H8F5N5. The van der Waals surface area contributed by atoms with Crippen molar-refractivity contribution < 1.29 is 22.0 Å². The second kappa shape index (κ2) is 4.26. The lowest BCUT2D eigenvalue weighted by molar-refractivity contribution is -0.284. The maximum Gasteiger partial charge on any atom is 0.453 e. The predicted molar refractivity (Wildman–Crippen MR) is 48.0 cm³/mol. The van der Waals surface area contributed by atoms with E-state index in [0.29, 0.717) is 0 Å². The predicted octanol–water partition coefficient (Wildman–Crippen LogP) is 1.17. The number of nitrogens with two attached hydrogens (primary N) is 2. The minimum atomic E-state index is -5.60. The fourth-order valence-electron chi connectivity index (χ4n) is 0.979. The van der Waals surface area contributed by atoms with Gasteiger partial charge in [0.05, 0.1) is 0 Å². The molecule has 1 aromatic heterocycles. The number of halogens is 5. The lowest BCUT2D eigenvalue weighted by Crippen LogP contribution is -2.36. The van der Waals surface area contributed by atoms with Gasteiger partial charge in [0.2, 0.25) is 11.9 Å². The first-order chi connectivity index (χ1) is 7.62. The van der Waals surface area contributed by atoms with Crippen molar-refractivity contribution in [2.24, 2.45) is 0 Å². The normalized spacial score (nSPS) is 12.8. The molecule has 5 nitrogen and oxygen atoms in total. The van der Waals surface area contributed by atoms with Crippen LogP contribution in [0.1, 0.15) is 12.2 Å². The summed E-state index contributed by atoms with van der Waals surface area (Å²) in [5, 5.41) is 0. The Balaban J connectivity index is 2.74. The van der Waals surface area contributed by atoms with Gasteiger partial charge in [-0.05, 0) is 0 Å². The molecule has 0 saturated carbocycles. The van der Waals surface area contributed by atoms with Crippen LogP contribution in [0.25, 0.3) is 0 Å². The molecule has 0 radical (unpaired) electrons. The Kier molecular flexibility index (Phi) is 3.34. The van der Waals surface area contributed by atoms with E-state index in [9.17, 15) is 22.0 Å². The molecule has 0 aromatic carbocycles. The lowest BCUT2D eigenvalue weighted by atomic mass is 10.1. The molecule has 0 unspecified atom stereocenters. The number of rotatable bonds is 3. The number of aromatic nitrogens is 3. The summed E-state index contributed by atoms with van der Waals surface area (Å²) >= 11 is 0. The van der Waals surface area contributed by atoms with Crippen molar-refractivity contribution in [3.8, 4) is 0 Å². The van der Waals surface area contributed by atoms with Crippen molar-refractivity contribution in [3.05, 3.63) is 5.82 Å². The van der Waals surface area contributed by atoms with Crippen LogP contribution in [0.4, 0.5) is 33.8 Å². The van der Waals surface area contributed by atoms with E-state index in [1.807, 2.05) is 0 Å². The summed E-state index contributed by atoms with van der Waals surface area (Å²) in [5.74, 6) is -5.77. The SMILES string of the molecule is Nc1nc(N)nc(CCC(F)(F)C(F)(F)F)n1. The molecule has 0 aliphatic heterocycles. The van der Waals surface area contributed by atoms with Crippen LogP contribution in [0.3, 0.4) is 0 Å². The van der Waals surface area contributed by atoms with Gasteiger partial charge < -0.3 is 11.5 Å². The third-order valence-corrected chi connectivity index (χ3v) is 1.79. The average Bonchev–Trinajstić information content (AvgIpc) is 2.11. The maximum absolute atomic E-state index is 12.6. The second-order valence-electron chi connectivity index (χ2n) is 3.17. The van der Waals surface area contributed by atoms with Gasteiger partial charge in [0.15, 0.2) is 0 Å². The number of hydrogen-bond donors (Lipinski definition) is 2. The Morgan fingerprint density at radius 1 is 0.882 bits per heavy atom. The van der Waals surface area contributed by atoms with Gasteiger partial charge in [-0.3, -0.25) is 0 Å². The van der Waals surface area contributed by atoms with Crippen LogP contribution in [0.5, 0.6) is 0 Å². The molecule has 0 amide bonds. The first kappa shape index (κ1) is 13.3. The molecule has 10 heteroatoms. The Hall–Kier alpha value is -1.74. The fourth-order valence-corrected chi connectivity index (χ4v) is 0.979. The molecule has 0 spiro atoms. The van der Waals surface area contributed by atoms with Crippen LogP contribution in [0.2, 0.25) is 0 Å². The molecule has 0 bridgehead atoms. The zero-order valence-electron chi connectivity index (χ0n) is 8.30. The Labute approximate surface area is 92.1 Å². The van der Waals surface area contributed by atoms with Crippen LogP contribution < -0.4 is 11.5 Å². The molecular weight excluding hydrogens is 249 g/mol. The van der Waals surface area contributed by atoms with Crippen LogP contribution in [0, 0.1) is 0 Å². The van der Waals surface area contributed by atoms with Gasteiger partial charge in [-0.25, -0.2) is 0 Å². The Bertz CT molecular complexity index is 384. The average molecular weight is 257 g/mol. The van der Waals surface area contributed by atoms with Crippen LogP contribution in [0.15, 0.2) is 0 Å². The van der Waals surface area contributed by atoms with Crippen molar-refractivity contribution in [2.75, 3.05) is 11.5 Å². The van der Waals surface area contributed by atoms with Crippen molar-refractivity contribution >= 4 is 11.9 Å². The smallest absolute Gasteiger partial charge is 0.368 e. The van der Waals surface area contributed by atoms with Crippen molar-refractivity contribution in [3.63, 3.8) is 0 Å². The summed E-state index contributed by atoms with van der Waals surface area (Å²) in [4.78, 5) is 10.1. The van der Waals surface area contributed by atoms with Gasteiger partial charge in [-0.15, -0.1) is 0 Å². The third kappa shape index (κ3) is 3.36. The number of alkyl halides is 5. The maximum atomic E-state index is 12.6. The van der Waals surface area contributed by atoms with E-state index in [4.69, 9.17) is 11.5 Å². The highest BCUT2D eigenvalue weighted by atomic mass is 19.4. The Morgan fingerprint density at radius 3 is 1.76 bits per heavy atom. The molecule has 1 rings (SSSR count). The molecule has 1 heterocycles. The standard InChI is InChI=1S/C7H8F5N5/c8-6(9,7(10,11)12)2-1-3-15-4(13)17-5(14)16-3/h1-2H2,(H4,13,14,15,16,17).